The molecule has 1 saturated heterocycles. The molecule has 2 aromatic heterocycles. The van der Waals surface area contributed by atoms with Crippen LogP contribution in [0.3, 0.4) is 0 Å². The second kappa shape index (κ2) is 21.1. The smallest absolute Gasteiger partial charge is 0.255 e. The highest BCUT2D eigenvalue weighted by Gasteiger charge is 2.41. The van der Waals surface area contributed by atoms with Gasteiger partial charge < -0.3 is 39.8 Å². The minimum absolute atomic E-state index is 0.0573. The zero-order valence-electron chi connectivity index (χ0n) is 32.1. The summed E-state index contributed by atoms with van der Waals surface area (Å²) in [4.78, 5) is 73.5. The number of pyridine rings is 1. The van der Waals surface area contributed by atoms with Crippen molar-refractivity contribution in [3.63, 3.8) is 0 Å². The van der Waals surface area contributed by atoms with E-state index >= 15 is 0 Å². The Morgan fingerprint density at radius 1 is 0.895 bits per heavy atom. The number of benzene rings is 1. The average molecular weight is 806 g/mol. The van der Waals surface area contributed by atoms with Crippen molar-refractivity contribution in [2.45, 2.75) is 70.4 Å². The number of nitrogens with zero attached hydrogens (tertiary/aromatic N) is 3. The molecule has 6 rings (SSSR count). The fraction of sp³-hybridized carbons (Fsp3) is 0.525. The second-order valence-electron chi connectivity index (χ2n) is 14.2. The molecule has 1 aliphatic carbocycles. The first-order valence-corrected chi connectivity index (χ1v) is 20.5. The lowest BCUT2D eigenvalue weighted by molar-refractivity contribution is -0.137. The number of thiazole rings is 1. The lowest BCUT2D eigenvalue weighted by Gasteiger charge is -2.35. The van der Waals surface area contributed by atoms with Crippen LogP contribution >= 0.6 is 11.3 Å². The predicted octanol–water partition coefficient (Wildman–Crippen LogP) is 3.75. The number of ether oxygens (including phenoxy) is 4. The highest BCUT2D eigenvalue weighted by Crippen LogP contribution is 2.39. The third-order valence-electron chi connectivity index (χ3n) is 10.3. The number of carbonyl (C=O) groups is 5. The van der Waals surface area contributed by atoms with Crippen LogP contribution in [-0.2, 0) is 51.1 Å². The Bertz CT molecular complexity index is 1840. The molecule has 0 radical (unpaired) electrons. The van der Waals surface area contributed by atoms with Gasteiger partial charge in [-0.3, -0.25) is 29.3 Å². The molecule has 0 bridgehead atoms. The first kappa shape index (κ1) is 41.8. The van der Waals surface area contributed by atoms with E-state index in [0.717, 1.165) is 48.7 Å². The number of rotatable bonds is 22. The Kier molecular flexibility index (Phi) is 15.5. The molecule has 57 heavy (non-hydrogen) atoms. The molecule has 306 valence electrons. The molecule has 1 unspecified atom stereocenters. The van der Waals surface area contributed by atoms with E-state index in [2.05, 4.69) is 26.3 Å². The van der Waals surface area contributed by atoms with Crippen molar-refractivity contribution in [1.29, 1.82) is 0 Å². The Balaban J connectivity index is 0.773. The minimum Gasteiger partial charge on any atom is -0.379 e. The molecular weight excluding hydrogens is 755 g/mol. The molecule has 1 aromatic carbocycles. The molecule has 3 aromatic rings. The van der Waals surface area contributed by atoms with Crippen molar-refractivity contribution in [2.24, 2.45) is 5.41 Å². The standard InChI is InChI=1S/C40H51N7O9S/c48-34-11-10-32(36(50)46-34)47-27-30-29(37(47)51)7-5-8-31(30)44-35(49)12-17-53-19-21-55-23-24-56-22-20-54-18-15-41-38(52)40(13-2-1-3-14-40)26-28-6-4-9-33(43-28)45-39-42-16-25-57-39/h4-9,16,25,32H,1-3,10-15,17-24,26-27H2,(H,41,52)(H,44,49)(H,42,43,45)(H,46,48,50). The number of nitrogens with one attached hydrogen (secondary N) is 4. The topological polar surface area (TPSA) is 199 Å². The summed E-state index contributed by atoms with van der Waals surface area (Å²) in [5.74, 6) is -0.613. The molecule has 2 fully saturated rings. The maximum atomic E-state index is 13.5. The van der Waals surface area contributed by atoms with Gasteiger partial charge >= 0.3 is 0 Å². The van der Waals surface area contributed by atoms with E-state index in [0.29, 0.717) is 76.0 Å². The zero-order valence-corrected chi connectivity index (χ0v) is 32.9. The second-order valence-corrected chi connectivity index (χ2v) is 15.1. The number of amides is 5. The van der Waals surface area contributed by atoms with E-state index in [1.165, 1.54) is 16.2 Å². The molecule has 4 N–H and O–H groups in total. The molecular formula is C40H51N7O9S. The van der Waals surface area contributed by atoms with Crippen LogP contribution in [0.15, 0.2) is 48.0 Å². The summed E-state index contributed by atoms with van der Waals surface area (Å²) in [5.41, 5.74) is 1.99. The molecule has 5 amide bonds. The normalized spacial score (nSPS) is 17.6. The number of hydrogen-bond donors (Lipinski definition) is 4. The maximum absolute atomic E-state index is 13.5. The quantitative estimate of drug-likeness (QED) is 0.0849. The van der Waals surface area contributed by atoms with Gasteiger partial charge in [-0.05, 0) is 43.5 Å². The van der Waals surface area contributed by atoms with Crippen LogP contribution < -0.4 is 21.3 Å². The Morgan fingerprint density at radius 2 is 1.61 bits per heavy atom. The van der Waals surface area contributed by atoms with E-state index in [9.17, 15) is 24.0 Å². The van der Waals surface area contributed by atoms with Crippen LogP contribution in [0.25, 0.3) is 0 Å². The monoisotopic (exact) mass is 805 g/mol. The van der Waals surface area contributed by atoms with Gasteiger partial charge in [0.05, 0.1) is 64.7 Å². The lowest BCUT2D eigenvalue weighted by atomic mass is 9.70. The van der Waals surface area contributed by atoms with Crippen molar-refractivity contribution >= 4 is 57.5 Å². The van der Waals surface area contributed by atoms with E-state index in [1.54, 1.807) is 24.4 Å². The Labute approximate surface area is 335 Å². The van der Waals surface area contributed by atoms with Crippen molar-refractivity contribution in [1.82, 2.24) is 25.5 Å². The van der Waals surface area contributed by atoms with Crippen LogP contribution in [0.1, 0.15) is 73.0 Å². The van der Waals surface area contributed by atoms with Gasteiger partial charge in [0.2, 0.25) is 23.6 Å². The van der Waals surface area contributed by atoms with Crippen LogP contribution in [0.4, 0.5) is 16.6 Å². The maximum Gasteiger partial charge on any atom is 0.255 e. The Hall–Kier alpha value is -4.81. The van der Waals surface area contributed by atoms with Gasteiger partial charge in [-0.15, -0.1) is 11.3 Å². The van der Waals surface area contributed by atoms with Gasteiger partial charge in [-0.1, -0.05) is 31.4 Å². The third kappa shape index (κ3) is 11.9. The van der Waals surface area contributed by atoms with Gasteiger partial charge in [0.25, 0.3) is 5.91 Å². The number of imide groups is 1. The first-order valence-electron chi connectivity index (χ1n) is 19.6. The van der Waals surface area contributed by atoms with Gasteiger partial charge in [0.1, 0.15) is 11.9 Å². The highest BCUT2D eigenvalue weighted by atomic mass is 32.1. The van der Waals surface area contributed by atoms with Crippen LogP contribution in [0.2, 0.25) is 0 Å². The van der Waals surface area contributed by atoms with Crippen LogP contribution in [-0.4, -0.2) is 110 Å². The summed E-state index contributed by atoms with van der Waals surface area (Å²) in [6, 6.07) is 10.2. The summed E-state index contributed by atoms with van der Waals surface area (Å²) >= 11 is 1.51. The van der Waals surface area contributed by atoms with Crippen molar-refractivity contribution in [3.8, 4) is 0 Å². The van der Waals surface area contributed by atoms with Gasteiger partial charge in [-0.25, -0.2) is 9.97 Å². The van der Waals surface area contributed by atoms with E-state index < -0.39 is 17.4 Å². The zero-order chi connectivity index (χ0) is 39.9. The molecule has 4 heterocycles. The van der Waals surface area contributed by atoms with Crippen molar-refractivity contribution in [2.75, 3.05) is 70.0 Å². The fourth-order valence-electron chi connectivity index (χ4n) is 7.37. The fourth-order valence-corrected chi connectivity index (χ4v) is 7.90. The molecule has 1 saturated carbocycles. The predicted molar refractivity (Wildman–Crippen MR) is 211 cm³/mol. The molecule has 3 aliphatic rings. The molecule has 0 spiro atoms. The summed E-state index contributed by atoms with van der Waals surface area (Å²) < 4.78 is 22.4. The third-order valence-corrected chi connectivity index (χ3v) is 11.0. The summed E-state index contributed by atoms with van der Waals surface area (Å²) in [6.45, 7) is 3.41. The number of piperidine rings is 1. The molecule has 17 heteroatoms. The summed E-state index contributed by atoms with van der Waals surface area (Å²) in [5, 5.41) is 14.2. The van der Waals surface area contributed by atoms with Gasteiger partial charge in [-0.2, -0.15) is 0 Å². The van der Waals surface area contributed by atoms with Gasteiger partial charge in [0.15, 0.2) is 5.13 Å². The van der Waals surface area contributed by atoms with E-state index in [4.69, 9.17) is 23.9 Å². The number of carbonyl (C=O) groups excluding carboxylic acids is 5. The van der Waals surface area contributed by atoms with E-state index in [-0.39, 0.29) is 56.0 Å². The average Bonchev–Trinajstić information content (AvgIpc) is 3.84. The number of hydrogen-bond acceptors (Lipinski definition) is 13. The van der Waals surface area contributed by atoms with Crippen LogP contribution in [0, 0.1) is 5.41 Å². The highest BCUT2D eigenvalue weighted by molar-refractivity contribution is 7.13. The first-order chi connectivity index (χ1) is 27.8. The largest absolute Gasteiger partial charge is 0.379 e. The molecule has 1 atom stereocenters. The minimum atomic E-state index is -0.725. The Morgan fingerprint density at radius 3 is 2.33 bits per heavy atom. The van der Waals surface area contributed by atoms with Gasteiger partial charge in [0, 0.05) is 60.0 Å². The van der Waals surface area contributed by atoms with Crippen molar-refractivity contribution in [3.05, 3.63) is 64.8 Å². The summed E-state index contributed by atoms with van der Waals surface area (Å²) in [7, 11) is 0. The molecule has 16 nitrogen and oxygen atoms in total. The van der Waals surface area contributed by atoms with Crippen molar-refractivity contribution < 1.29 is 42.9 Å². The SMILES string of the molecule is O=C1CCC(N2Cc3c(NC(=O)CCOCCOCCOCCOCCNC(=O)C4(Cc5cccc(Nc6nccs6)n5)CCCCC4)cccc3C2=O)C(=O)N1. The van der Waals surface area contributed by atoms with E-state index in [1.807, 2.05) is 23.6 Å². The lowest BCUT2D eigenvalue weighted by Crippen LogP contribution is -2.52. The molecule has 2 aliphatic heterocycles. The summed E-state index contributed by atoms with van der Waals surface area (Å²) in [6.07, 6.45) is 7.74. The number of fused-ring (bicyclic) bond motifs is 1. The van der Waals surface area contributed by atoms with Crippen LogP contribution in [0.5, 0.6) is 0 Å². The number of anilines is 3. The number of aromatic nitrogens is 2.